The summed E-state index contributed by atoms with van der Waals surface area (Å²) in [5.74, 6) is 1.33. The van der Waals surface area contributed by atoms with Gasteiger partial charge in [0.2, 0.25) is 0 Å². The van der Waals surface area contributed by atoms with Gasteiger partial charge < -0.3 is 5.32 Å². The summed E-state index contributed by atoms with van der Waals surface area (Å²) in [6.07, 6.45) is -4.43. The van der Waals surface area contributed by atoms with Gasteiger partial charge in [0.15, 0.2) is 5.11 Å². The van der Waals surface area contributed by atoms with Crippen molar-refractivity contribution in [2.45, 2.75) is 24.6 Å². The van der Waals surface area contributed by atoms with Crippen LogP contribution in [-0.4, -0.2) is 27.1 Å². The number of rotatable bonds is 6. The Morgan fingerprint density at radius 1 is 1.21 bits per heavy atom. The maximum absolute atomic E-state index is 12.7. The summed E-state index contributed by atoms with van der Waals surface area (Å²) in [4.78, 5) is 12.0. The lowest BCUT2D eigenvalue weighted by molar-refractivity contribution is -0.137. The maximum atomic E-state index is 12.7. The molecule has 1 amide bonds. The molecule has 0 saturated heterocycles. The van der Waals surface area contributed by atoms with Gasteiger partial charge in [-0.3, -0.25) is 15.6 Å². The lowest BCUT2D eigenvalue weighted by Crippen LogP contribution is -2.46. The molecule has 0 saturated carbocycles. The van der Waals surface area contributed by atoms with Crippen LogP contribution in [0.25, 0.3) is 0 Å². The number of carbonyl (C=O) groups is 1. The summed E-state index contributed by atoms with van der Waals surface area (Å²) >= 11 is 7.96. The molecular formula is C14H18F3N3OS3. The standard InChI is InChI=1S/C14H18F3N3OS3/c1-3-23-12(24-4-2)11(21)19-20-13(22)18-10-7-5-6-9(8-10)14(15,16)17/h5-8,12H,3-4H2,1-2H3,(H,19,21)(H2,18,20,22). The predicted octanol–water partition coefficient (Wildman–Crippen LogP) is 3.86. The van der Waals surface area contributed by atoms with E-state index in [1.165, 1.54) is 35.7 Å². The molecule has 134 valence electrons. The molecule has 0 unspecified atom stereocenters. The first-order chi connectivity index (χ1) is 11.3. The molecule has 0 aliphatic heterocycles. The van der Waals surface area contributed by atoms with E-state index in [2.05, 4.69) is 16.2 Å². The Labute approximate surface area is 152 Å². The number of carbonyl (C=O) groups excluding carboxylic acids is 1. The Kier molecular flexibility index (Phi) is 8.71. The molecule has 0 aliphatic carbocycles. The van der Waals surface area contributed by atoms with E-state index in [0.717, 1.165) is 23.6 Å². The van der Waals surface area contributed by atoms with E-state index in [0.29, 0.717) is 0 Å². The van der Waals surface area contributed by atoms with Gasteiger partial charge in [-0.2, -0.15) is 13.2 Å². The summed E-state index contributed by atoms with van der Waals surface area (Å²) in [5, 5.41) is 2.61. The van der Waals surface area contributed by atoms with E-state index in [-0.39, 0.29) is 21.3 Å². The number of benzene rings is 1. The Bertz CT molecular complexity index is 564. The SMILES string of the molecule is CCSC(SCC)C(=O)NNC(=S)Nc1cccc(C(F)(F)F)c1. The van der Waals surface area contributed by atoms with Crippen LogP contribution in [0.2, 0.25) is 0 Å². The third-order valence-corrected chi connectivity index (χ3v) is 5.32. The number of alkyl halides is 3. The second-order valence-electron chi connectivity index (χ2n) is 4.39. The molecule has 0 spiro atoms. The van der Waals surface area contributed by atoms with Crippen LogP contribution in [0, 0.1) is 0 Å². The number of hydrazine groups is 1. The Hall–Kier alpha value is -1.13. The van der Waals surface area contributed by atoms with Gasteiger partial charge in [0, 0.05) is 5.69 Å². The molecule has 1 aromatic rings. The average molecular weight is 398 g/mol. The van der Waals surface area contributed by atoms with Crippen LogP contribution in [0.15, 0.2) is 24.3 Å². The van der Waals surface area contributed by atoms with E-state index >= 15 is 0 Å². The number of nitrogens with one attached hydrogen (secondary N) is 3. The normalized spacial score (nSPS) is 11.2. The fourth-order valence-electron chi connectivity index (χ4n) is 1.62. The Morgan fingerprint density at radius 3 is 2.38 bits per heavy atom. The fourth-order valence-corrected chi connectivity index (χ4v) is 4.01. The molecule has 24 heavy (non-hydrogen) atoms. The van der Waals surface area contributed by atoms with Crippen molar-refractivity contribution in [3.63, 3.8) is 0 Å². The molecule has 0 radical (unpaired) electrons. The van der Waals surface area contributed by atoms with Crippen LogP contribution in [-0.2, 0) is 11.0 Å². The molecule has 4 nitrogen and oxygen atoms in total. The first-order valence-corrected chi connectivity index (χ1v) is 9.55. The topological polar surface area (TPSA) is 53.2 Å². The van der Waals surface area contributed by atoms with Gasteiger partial charge in [0.1, 0.15) is 4.58 Å². The number of halogens is 3. The van der Waals surface area contributed by atoms with Gasteiger partial charge >= 0.3 is 6.18 Å². The number of hydrogen-bond donors (Lipinski definition) is 3. The highest BCUT2D eigenvalue weighted by molar-refractivity contribution is 8.18. The van der Waals surface area contributed by atoms with Crippen molar-refractivity contribution in [2.24, 2.45) is 0 Å². The van der Waals surface area contributed by atoms with Crippen LogP contribution < -0.4 is 16.2 Å². The third kappa shape index (κ3) is 7.18. The van der Waals surface area contributed by atoms with E-state index in [9.17, 15) is 18.0 Å². The minimum atomic E-state index is -4.43. The zero-order valence-corrected chi connectivity index (χ0v) is 15.5. The average Bonchev–Trinajstić information content (AvgIpc) is 2.52. The summed E-state index contributed by atoms with van der Waals surface area (Å²) in [5.41, 5.74) is 4.36. The first kappa shape index (κ1) is 20.9. The van der Waals surface area contributed by atoms with Crippen molar-refractivity contribution >= 4 is 52.4 Å². The summed E-state index contributed by atoms with van der Waals surface area (Å²) in [6.45, 7) is 3.91. The molecule has 0 fully saturated rings. The summed E-state index contributed by atoms with van der Waals surface area (Å²) in [6, 6.07) is 4.64. The van der Waals surface area contributed by atoms with Gasteiger partial charge in [0.05, 0.1) is 5.56 Å². The van der Waals surface area contributed by atoms with E-state index in [4.69, 9.17) is 12.2 Å². The number of anilines is 1. The smallest absolute Gasteiger partial charge is 0.331 e. The molecular weight excluding hydrogens is 379 g/mol. The number of thiocarbonyl (C=S) groups is 1. The van der Waals surface area contributed by atoms with Gasteiger partial charge in [0.25, 0.3) is 5.91 Å². The quantitative estimate of drug-likeness (QED) is 0.385. The van der Waals surface area contributed by atoms with Crippen LogP contribution in [0.4, 0.5) is 18.9 Å². The van der Waals surface area contributed by atoms with Crippen molar-refractivity contribution in [1.82, 2.24) is 10.9 Å². The highest BCUT2D eigenvalue weighted by Crippen LogP contribution is 2.30. The van der Waals surface area contributed by atoms with Crippen molar-refractivity contribution in [1.29, 1.82) is 0 Å². The van der Waals surface area contributed by atoms with Crippen LogP contribution in [0.1, 0.15) is 19.4 Å². The second-order valence-corrected chi connectivity index (χ2v) is 7.86. The maximum Gasteiger partial charge on any atom is 0.416 e. The van der Waals surface area contributed by atoms with Crippen molar-refractivity contribution in [2.75, 3.05) is 16.8 Å². The highest BCUT2D eigenvalue weighted by atomic mass is 32.2. The van der Waals surface area contributed by atoms with Gasteiger partial charge in [-0.1, -0.05) is 19.9 Å². The van der Waals surface area contributed by atoms with E-state index in [1.54, 1.807) is 0 Å². The molecule has 0 atom stereocenters. The third-order valence-electron chi connectivity index (χ3n) is 2.60. The molecule has 10 heteroatoms. The van der Waals surface area contributed by atoms with Crippen molar-refractivity contribution < 1.29 is 18.0 Å². The minimum absolute atomic E-state index is 0.00409. The first-order valence-electron chi connectivity index (χ1n) is 7.05. The van der Waals surface area contributed by atoms with Gasteiger partial charge in [-0.15, -0.1) is 23.5 Å². The largest absolute Gasteiger partial charge is 0.416 e. The minimum Gasteiger partial charge on any atom is -0.331 e. The van der Waals surface area contributed by atoms with E-state index in [1.807, 2.05) is 13.8 Å². The summed E-state index contributed by atoms with van der Waals surface area (Å²) in [7, 11) is 0. The van der Waals surface area contributed by atoms with Crippen molar-refractivity contribution in [3.05, 3.63) is 29.8 Å². The lowest BCUT2D eigenvalue weighted by atomic mass is 10.2. The molecule has 3 N–H and O–H groups in total. The zero-order valence-electron chi connectivity index (χ0n) is 13.1. The number of hydrogen-bond acceptors (Lipinski definition) is 4. The summed E-state index contributed by atoms with van der Waals surface area (Å²) < 4.78 is 37.7. The number of thioether (sulfide) groups is 2. The second kappa shape index (κ2) is 10.00. The van der Waals surface area contributed by atoms with E-state index < -0.39 is 11.7 Å². The molecule has 0 bridgehead atoms. The molecule has 1 aromatic carbocycles. The van der Waals surface area contributed by atoms with Gasteiger partial charge in [-0.25, -0.2) is 0 Å². The predicted molar refractivity (Wildman–Crippen MR) is 99.0 cm³/mol. The fraction of sp³-hybridized carbons (Fsp3) is 0.429. The highest BCUT2D eigenvalue weighted by Gasteiger charge is 2.30. The molecule has 0 heterocycles. The Morgan fingerprint density at radius 2 is 1.83 bits per heavy atom. The molecule has 0 aliphatic rings. The lowest BCUT2D eigenvalue weighted by Gasteiger charge is -2.17. The Balaban J connectivity index is 2.56. The zero-order chi connectivity index (χ0) is 18.2. The van der Waals surface area contributed by atoms with Crippen LogP contribution >= 0.6 is 35.7 Å². The van der Waals surface area contributed by atoms with Crippen LogP contribution in [0.5, 0.6) is 0 Å². The number of amides is 1. The van der Waals surface area contributed by atoms with Gasteiger partial charge in [-0.05, 0) is 41.9 Å². The monoisotopic (exact) mass is 397 g/mol. The molecule has 0 aromatic heterocycles. The van der Waals surface area contributed by atoms with Crippen molar-refractivity contribution in [3.8, 4) is 0 Å². The molecule has 1 rings (SSSR count). The van der Waals surface area contributed by atoms with Crippen LogP contribution in [0.3, 0.4) is 0 Å².